The Bertz CT molecular complexity index is 460. The first-order chi connectivity index (χ1) is 7.78. The standard InChI is InChI=1S/C13H17N3/c1-10-3-2-4-11(7-10)8-13-15-9-12(16-13)5-6-14/h2-4,7,9H,5-6,8,14H2,1H3,(H,15,16). The van der Waals surface area contributed by atoms with E-state index in [1.54, 1.807) is 0 Å². The van der Waals surface area contributed by atoms with Gasteiger partial charge in [-0.1, -0.05) is 29.8 Å². The Hall–Kier alpha value is -1.61. The maximum absolute atomic E-state index is 5.49. The smallest absolute Gasteiger partial charge is 0.110 e. The summed E-state index contributed by atoms with van der Waals surface area (Å²) in [5.74, 6) is 1.01. The van der Waals surface area contributed by atoms with Gasteiger partial charge in [-0.15, -0.1) is 0 Å². The Morgan fingerprint density at radius 3 is 3.00 bits per heavy atom. The van der Waals surface area contributed by atoms with E-state index in [0.717, 1.165) is 24.4 Å². The fourth-order valence-corrected chi connectivity index (χ4v) is 1.79. The molecule has 0 bridgehead atoms. The van der Waals surface area contributed by atoms with Crippen molar-refractivity contribution < 1.29 is 0 Å². The molecule has 1 aromatic heterocycles. The molecule has 0 atom stereocenters. The number of nitrogens with zero attached hydrogens (tertiary/aromatic N) is 1. The third kappa shape index (κ3) is 2.70. The maximum atomic E-state index is 5.49. The zero-order valence-electron chi connectivity index (χ0n) is 9.53. The molecule has 0 spiro atoms. The molecule has 1 heterocycles. The molecule has 0 aliphatic heterocycles. The molecule has 3 heteroatoms. The van der Waals surface area contributed by atoms with E-state index in [0.29, 0.717) is 6.54 Å². The van der Waals surface area contributed by atoms with Gasteiger partial charge in [-0.3, -0.25) is 0 Å². The van der Waals surface area contributed by atoms with Crippen molar-refractivity contribution in [3.63, 3.8) is 0 Å². The number of aryl methyl sites for hydroxylation is 1. The van der Waals surface area contributed by atoms with Crippen LogP contribution in [0.3, 0.4) is 0 Å². The Morgan fingerprint density at radius 2 is 2.25 bits per heavy atom. The number of nitrogens with two attached hydrogens (primary N) is 1. The topological polar surface area (TPSA) is 54.7 Å². The summed E-state index contributed by atoms with van der Waals surface area (Å²) in [6.45, 7) is 2.76. The van der Waals surface area contributed by atoms with Crippen molar-refractivity contribution >= 4 is 0 Å². The largest absolute Gasteiger partial charge is 0.346 e. The maximum Gasteiger partial charge on any atom is 0.110 e. The zero-order valence-corrected chi connectivity index (χ0v) is 9.53. The fourth-order valence-electron chi connectivity index (χ4n) is 1.79. The highest BCUT2D eigenvalue weighted by atomic mass is 14.9. The summed E-state index contributed by atoms with van der Waals surface area (Å²) < 4.78 is 0. The molecule has 0 radical (unpaired) electrons. The Morgan fingerprint density at radius 1 is 1.38 bits per heavy atom. The third-order valence-electron chi connectivity index (χ3n) is 2.55. The van der Waals surface area contributed by atoms with Crippen LogP contribution in [0.5, 0.6) is 0 Å². The van der Waals surface area contributed by atoms with Crippen LogP contribution in [-0.2, 0) is 12.8 Å². The second kappa shape index (κ2) is 4.94. The fraction of sp³-hybridized carbons (Fsp3) is 0.308. The van der Waals surface area contributed by atoms with E-state index in [-0.39, 0.29) is 0 Å². The minimum atomic E-state index is 0.659. The van der Waals surface area contributed by atoms with E-state index in [4.69, 9.17) is 5.73 Å². The third-order valence-corrected chi connectivity index (χ3v) is 2.55. The first-order valence-corrected chi connectivity index (χ1v) is 5.56. The highest BCUT2D eigenvalue weighted by Crippen LogP contribution is 2.09. The van der Waals surface area contributed by atoms with Gasteiger partial charge in [0.2, 0.25) is 0 Å². The summed E-state index contributed by atoms with van der Waals surface area (Å²) in [6, 6.07) is 8.49. The van der Waals surface area contributed by atoms with Gasteiger partial charge >= 0.3 is 0 Å². The molecule has 0 unspecified atom stereocenters. The summed E-state index contributed by atoms with van der Waals surface area (Å²) in [4.78, 5) is 7.64. The number of aromatic amines is 1. The second-order valence-electron chi connectivity index (χ2n) is 4.06. The predicted octanol–water partition coefficient (Wildman–Crippen LogP) is 1.81. The molecule has 0 aliphatic carbocycles. The number of imidazole rings is 1. The number of hydrogen-bond acceptors (Lipinski definition) is 2. The molecule has 3 nitrogen and oxygen atoms in total. The van der Waals surface area contributed by atoms with Crippen LogP contribution < -0.4 is 5.73 Å². The number of hydrogen-bond donors (Lipinski definition) is 2. The van der Waals surface area contributed by atoms with Crippen LogP contribution in [0.2, 0.25) is 0 Å². The monoisotopic (exact) mass is 215 g/mol. The van der Waals surface area contributed by atoms with Crippen molar-refractivity contribution in [3.8, 4) is 0 Å². The van der Waals surface area contributed by atoms with Crippen molar-refractivity contribution in [2.24, 2.45) is 5.73 Å². The highest BCUT2D eigenvalue weighted by Gasteiger charge is 2.01. The molecule has 0 amide bonds. The average molecular weight is 215 g/mol. The van der Waals surface area contributed by atoms with Crippen LogP contribution in [-0.4, -0.2) is 16.5 Å². The van der Waals surface area contributed by atoms with Gasteiger partial charge in [-0.05, 0) is 19.0 Å². The Labute approximate surface area is 95.7 Å². The van der Waals surface area contributed by atoms with Gasteiger partial charge in [0.05, 0.1) is 0 Å². The van der Waals surface area contributed by atoms with Crippen LogP contribution in [0.1, 0.15) is 22.6 Å². The summed E-state index contributed by atoms with van der Waals surface area (Å²) in [5, 5.41) is 0. The summed E-state index contributed by atoms with van der Waals surface area (Å²) in [7, 11) is 0. The van der Waals surface area contributed by atoms with Crippen molar-refractivity contribution in [1.29, 1.82) is 0 Å². The van der Waals surface area contributed by atoms with Gasteiger partial charge in [0, 0.05) is 24.7 Å². The lowest BCUT2D eigenvalue weighted by Crippen LogP contribution is -2.02. The van der Waals surface area contributed by atoms with Crippen molar-refractivity contribution in [2.45, 2.75) is 19.8 Å². The number of aromatic nitrogens is 2. The van der Waals surface area contributed by atoms with E-state index in [2.05, 4.69) is 41.2 Å². The summed E-state index contributed by atoms with van der Waals surface area (Å²) in [5.41, 5.74) is 9.18. The van der Waals surface area contributed by atoms with Gasteiger partial charge in [0.1, 0.15) is 5.82 Å². The predicted molar refractivity (Wildman–Crippen MR) is 65.3 cm³/mol. The molecule has 16 heavy (non-hydrogen) atoms. The average Bonchev–Trinajstić information content (AvgIpc) is 2.66. The SMILES string of the molecule is Cc1cccc(Cc2ncc(CCN)[nH]2)c1. The van der Waals surface area contributed by atoms with Crippen LogP contribution in [0.25, 0.3) is 0 Å². The molecular formula is C13H17N3. The van der Waals surface area contributed by atoms with Gasteiger partial charge in [0.15, 0.2) is 0 Å². The van der Waals surface area contributed by atoms with Crippen molar-refractivity contribution in [1.82, 2.24) is 9.97 Å². The van der Waals surface area contributed by atoms with Crippen LogP contribution in [0, 0.1) is 6.92 Å². The number of benzene rings is 1. The first-order valence-electron chi connectivity index (χ1n) is 5.56. The van der Waals surface area contributed by atoms with Gasteiger partial charge in [0.25, 0.3) is 0 Å². The quantitative estimate of drug-likeness (QED) is 0.817. The number of H-pyrrole nitrogens is 1. The van der Waals surface area contributed by atoms with E-state index in [1.165, 1.54) is 11.1 Å². The molecule has 3 N–H and O–H groups in total. The van der Waals surface area contributed by atoms with Gasteiger partial charge in [-0.25, -0.2) is 4.98 Å². The molecule has 0 saturated heterocycles. The van der Waals surface area contributed by atoms with Crippen LogP contribution in [0.15, 0.2) is 30.5 Å². The molecule has 2 aromatic rings. The minimum absolute atomic E-state index is 0.659. The van der Waals surface area contributed by atoms with Gasteiger partial charge < -0.3 is 10.7 Å². The number of nitrogens with one attached hydrogen (secondary N) is 1. The molecular weight excluding hydrogens is 198 g/mol. The number of rotatable bonds is 4. The van der Waals surface area contributed by atoms with Crippen LogP contribution in [0.4, 0.5) is 0 Å². The van der Waals surface area contributed by atoms with Crippen molar-refractivity contribution in [3.05, 3.63) is 53.1 Å². The Balaban J connectivity index is 2.08. The zero-order chi connectivity index (χ0) is 11.4. The molecule has 0 fully saturated rings. The van der Waals surface area contributed by atoms with E-state index < -0.39 is 0 Å². The van der Waals surface area contributed by atoms with E-state index >= 15 is 0 Å². The minimum Gasteiger partial charge on any atom is -0.346 e. The normalized spacial score (nSPS) is 10.6. The summed E-state index contributed by atoms with van der Waals surface area (Å²) in [6.07, 6.45) is 3.59. The lowest BCUT2D eigenvalue weighted by molar-refractivity contribution is 0.919. The Kier molecular flexibility index (Phi) is 3.37. The molecule has 0 saturated carbocycles. The highest BCUT2D eigenvalue weighted by molar-refractivity contribution is 5.25. The second-order valence-corrected chi connectivity index (χ2v) is 4.06. The molecule has 0 aliphatic rings. The lowest BCUT2D eigenvalue weighted by atomic mass is 10.1. The van der Waals surface area contributed by atoms with Crippen molar-refractivity contribution in [2.75, 3.05) is 6.54 Å². The van der Waals surface area contributed by atoms with Gasteiger partial charge in [-0.2, -0.15) is 0 Å². The first kappa shape index (κ1) is 10.9. The van der Waals surface area contributed by atoms with E-state index in [1.807, 2.05) is 6.20 Å². The molecule has 2 rings (SSSR count). The molecule has 1 aromatic carbocycles. The van der Waals surface area contributed by atoms with E-state index in [9.17, 15) is 0 Å². The molecule has 84 valence electrons. The summed E-state index contributed by atoms with van der Waals surface area (Å²) >= 11 is 0. The van der Waals surface area contributed by atoms with Crippen LogP contribution >= 0.6 is 0 Å². The lowest BCUT2D eigenvalue weighted by Gasteiger charge is -1.99.